The van der Waals surface area contributed by atoms with Gasteiger partial charge in [-0.3, -0.25) is 9.69 Å². The van der Waals surface area contributed by atoms with Crippen molar-refractivity contribution < 1.29 is 14.3 Å². The Morgan fingerprint density at radius 1 is 1.13 bits per heavy atom. The molecular formula is C22H22ClN3O3S. The average molecular weight is 444 g/mol. The highest BCUT2D eigenvalue weighted by Gasteiger charge is 2.35. The van der Waals surface area contributed by atoms with Crippen LogP contribution in [0, 0.1) is 0 Å². The largest absolute Gasteiger partial charge is 0.486 e. The van der Waals surface area contributed by atoms with Gasteiger partial charge in [-0.05, 0) is 49.0 Å². The third-order valence-electron chi connectivity index (χ3n) is 5.11. The number of fused-ring (bicyclic) bond motifs is 1. The first-order chi connectivity index (χ1) is 14.4. The van der Waals surface area contributed by atoms with E-state index in [1.807, 2.05) is 54.3 Å². The molecule has 4 rings (SSSR count). The minimum absolute atomic E-state index is 0.0926. The summed E-state index contributed by atoms with van der Waals surface area (Å²) in [5, 5.41) is 4.47. The molecule has 2 aliphatic heterocycles. The zero-order chi connectivity index (χ0) is 21.4. The average Bonchev–Trinajstić information content (AvgIpc) is 2.73. The second-order valence-electron chi connectivity index (χ2n) is 7.30. The van der Waals surface area contributed by atoms with E-state index in [-0.39, 0.29) is 11.9 Å². The fraction of sp³-hybridized carbons (Fsp3) is 0.273. The third kappa shape index (κ3) is 3.70. The standard InChI is InChI=1S/C22H22ClN3O3S/c1-13-19(21(27)25(2)3)20(14-4-6-15(23)7-5-14)24-22(30)26(13)16-8-9-17-18(12-16)29-11-10-28-17/h4-9,12,20H,10-11H2,1-3H3,(H,24,30)/t20-/m0/s1. The molecule has 0 aromatic heterocycles. The lowest BCUT2D eigenvalue weighted by Gasteiger charge is -2.38. The number of nitrogens with zero attached hydrogens (tertiary/aromatic N) is 2. The molecule has 0 unspecified atom stereocenters. The lowest BCUT2D eigenvalue weighted by Crippen LogP contribution is -2.49. The summed E-state index contributed by atoms with van der Waals surface area (Å²) in [7, 11) is 3.48. The summed E-state index contributed by atoms with van der Waals surface area (Å²) in [6, 6.07) is 12.7. The van der Waals surface area contributed by atoms with E-state index in [4.69, 9.17) is 33.3 Å². The Kier molecular flexibility index (Phi) is 5.58. The maximum Gasteiger partial charge on any atom is 0.253 e. The minimum atomic E-state index is -0.377. The van der Waals surface area contributed by atoms with E-state index in [2.05, 4.69) is 5.32 Å². The molecule has 1 amide bonds. The van der Waals surface area contributed by atoms with Gasteiger partial charge in [0.15, 0.2) is 16.6 Å². The normalized spacial score (nSPS) is 18.2. The van der Waals surface area contributed by atoms with Crippen LogP contribution in [0.3, 0.4) is 0 Å². The summed E-state index contributed by atoms with van der Waals surface area (Å²) in [6.07, 6.45) is 0. The van der Waals surface area contributed by atoms with Crippen LogP contribution < -0.4 is 19.7 Å². The van der Waals surface area contributed by atoms with Gasteiger partial charge < -0.3 is 19.7 Å². The van der Waals surface area contributed by atoms with Gasteiger partial charge in [0.1, 0.15) is 13.2 Å². The fourth-order valence-corrected chi connectivity index (χ4v) is 4.13. The molecule has 30 heavy (non-hydrogen) atoms. The summed E-state index contributed by atoms with van der Waals surface area (Å²) in [4.78, 5) is 16.6. The van der Waals surface area contributed by atoms with Gasteiger partial charge in [0, 0.05) is 30.9 Å². The summed E-state index contributed by atoms with van der Waals surface area (Å²) in [5.41, 5.74) is 3.08. The topological polar surface area (TPSA) is 54.0 Å². The van der Waals surface area contributed by atoms with Crippen molar-refractivity contribution in [1.29, 1.82) is 0 Å². The van der Waals surface area contributed by atoms with Crippen LogP contribution >= 0.6 is 23.8 Å². The number of halogens is 1. The Bertz CT molecular complexity index is 1040. The van der Waals surface area contributed by atoms with Crippen LogP contribution in [0.4, 0.5) is 5.69 Å². The number of anilines is 1. The van der Waals surface area contributed by atoms with E-state index in [1.165, 1.54) is 0 Å². The Labute approximate surface area is 186 Å². The second-order valence-corrected chi connectivity index (χ2v) is 8.12. The van der Waals surface area contributed by atoms with Gasteiger partial charge in [-0.1, -0.05) is 23.7 Å². The van der Waals surface area contributed by atoms with Crippen LogP contribution in [0.25, 0.3) is 0 Å². The maximum absolute atomic E-state index is 13.2. The SMILES string of the molecule is CC1=C(C(=O)N(C)C)[C@H](c2ccc(Cl)cc2)NC(=S)N1c1ccc2c(c1)OCCO2. The van der Waals surface area contributed by atoms with Crippen LogP contribution in [-0.2, 0) is 4.79 Å². The molecule has 2 aromatic carbocycles. The molecule has 0 bridgehead atoms. The highest BCUT2D eigenvalue weighted by atomic mass is 35.5. The molecule has 156 valence electrons. The van der Waals surface area contributed by atoms with E-state index in [0.717, 1.165) is 16.9 Å². The number of hydrogen-bond acceptors (Lipinski definition) is 4. The number of ether oxygens (including phenoxy) is 2. The van der Waals surface area contributed by atoms with Crippen molar-refractivity contribution in [2.75, 3.05) is 32.2 Å². The molecule has 2 aliphatic rings. The number of nitrogens with one attached hydrogen (secondary N) is 1. The highest BCUT2D eigenvalue weighted by molar-refractivity contribution is 7.80. The van der Waals surface area contributed by atoms with Crippen LogP contribution in [0.15, 0.2) is 53.7 Å². The van der Waals surface area contributed by atoms with Crippen molar-refractivity contribution in [3.63, 3.8) is 0 Å². The molecule has 6 nitrogen and oxygen atoms in total. The van der Waals surface area contributed by atoms with Crippen LogP contribution in [0.5, 0.6) is 11.5 Å². The van der Waals surface area contributed by atoms with Crippen LogP contribution in [0.2, 0.25) is 5.02 Å². The smallest absolute Gasteiger partial charge is 0.253 e. The van der Waals surface area contributed by atoms with Gasteiger partial charge in [0.05, 0.1) is 17.3 Å². The predicted octanol–water partition coefficient (Wildman–Crippen LogP) is 3.91. The first-order valence-corrected chi connectivity index (χ1v) is 10.3. The second kappa shape index (κ2) is 8.16. The molecule has 0 saturated carbocycles. The Morgan fingerprint density at radius 2 is 1.80 bits per heavy atom. The zero-order valence-electron chi connectivity index (χ0n) is 16.9. The molecule has 0 fully saturated rings. The predicted molar refractivity (Wildman–Crippen MR) is 121 cm³/mol. The van der Waals surface area contributed by atoms with Gasteiger partial charge in [0.2, 0.25) is 0 Å². The molecule has 2 heterocycles. The van der Waals surface area contributed by atoms with Crippen molar-refractivity contribution in [2.24, 2.45) is 0 Å². The van der Waals surface area contributed by atoms with Crippen molar-refractivity contribution in [1.82, 2.24) is 10.2 Å². The van der Waals surface area contributed by atoms with E-state index in [1.54, 1.807) is 19.0 Å². The number of rotatable bonds is 3. The number of benzene rings is 2. The molecule has 0 saturated heterocycles. The number of carbonyl (C=O) groups excluding carboxylic acids is 1. The Balaban J connectivity index is 1.81. The number of amides is 1. The maximum atomic E-state index is 13.2. The van der Waals surface area contributed by atoms with E-state index >= 15 is 0 Å². The summed E-state index contributed by atoms with van der Waals surface area (Å²) < 4.78 is 11.3. The number of thiocarbonyl (C=S) groups is 1. The van der Waals surface area contributed by atoms with Crippen molar-refractivity contribution in [3.05, 3.63) is 64.3 Å². The Morgan fingerprint density at radius 3 is 2.47 bits per heavy atom. The van der Waals surface area contributed by atoms with E-state index in [9.17, 15) is 4.79 Å². The minimum Gasteiger partial charge on any atom is -0.486 e. The lowest BCUT2D eigenvalue weighted by molar-refractivity contribution is -0.125. The van der Waals surface area contributed by atoms with Crippen molar-refractivity contribution in [3.8, 4) is 11.5 Å². The van der Waals surface area contributed by atoms with Crippen molar-refractivity contribution >= 4 is 40.5 Å². The molecule has 1 atom stereocenters. The van der Waals surface area contributed by atoms with E-state index in [0.29, 0.717) is 40.4 Å². The first-order valence-electron chi connectivity index (χ1n) is 9.55. The van der Waals surface area contributed by atoms with Gasteiger partial charge >= 0.3 is 0 Å². The van der Waals surface area contributed by atoms with Crippen LogP contribution in [0.1, 0.15) is 18.5 Å². The molecule has 0 aliphatic carbocycles. The highest BCUT2D eigenvalue weighted by Crippen LogP contribution is 2.39. The molecular weight excluding hydrogens is 422 g/mol. The van der Waals surface area contributed by atoms with Gasteiger partial charge in [-0.15, -0.1) is 0 Å². The Hall–Kier alpha value is -2.77. The fourth-order valence-electron chi connectivity index (χ4n) is 3.65. The molecule has 0 radical (unpaired) electrons. The molecule has 2 aromatic rings. The zero-order valence-corrected chi connectivity index (χ0v) is 18.5. The molecule has 0 spiro atoms. The van der Waals surface area contributed by atoms with E-state index < -0.39 is 0 Å². The third-order valence-corrected chi connectivity index (χ3v) is 5.66. The van der Waals surface area contributed by atoms with Gasteiger partial charge in [-0.25, -0.2) is 0 Å². The quantitative estimate of drug-likeness (QED) is 0.726. The number of likely N-dealkylation sites (N-methyl/N-ethyl adjacent to an activating group) is 1. The van der Waals surface area contributed by atoms with Crippen molar-refractivity contribution in [2.45, 2.75) is 13.0 Å². The molecule has 1 N–H and O–H groups in total. The lowest BCUT2D eigenvalue weighted by atomic mass is 9.94. The number of allylic oxidation sites excluding steroid dienone is 1. The first kappa shape index (κ1) is 20.5. The van der Waals surface area contributed by atoms with Crippen LogP contribution in [-0.4, -0.2) is 43.2 Å². The number of hydrogen-bond donors (Lipinski definition) is 1. The van der Waals surface area contributed by atoms with Gasteiger partial charge in [0.25, 0.3) is 5.91 Å². The summed E-state index contributed by atoms with van der Waals surface area (Å²) in [6.45, 7) is 2.93. The monoisotopic (exact) mass is 443 g/mol. The molecule has 8 heteroatoms. The number of carbonyl (C=O) groups is 1. The van der Waals surface area contributed by atoms with Gasteiger partial charge in [-0.2, -0.15) is 0 Å². The summed E-state index contributed by atoms with van der Waals surface area (Å²) in [5.74, 6) is 1.27. The summed E-state index contributed by atoms with van der Waals surface area (Å²) >= 11 is 11.8.